The van der Waals surface area contributed by atoms with Gasteiger partial charge in [-0.1, -0.05) is 0 Å². The molecule has 1 atom stereocenters. The summed E-state index contributed by atoms with van der Waals surface area (Å²) < 4.78 is 0. The van der Waals surface area contributed by atoms with Crippen molar-refractivity contribution < 1.29 is 10.0 Å². The Balaban J connectivity index is 2.84. The van der Waals surface area contributed by atoms with E-state index in [-0.39, 0.29) is 17.1 Å². The standard InChI is InChI=1S/C10H12N4O3/c1-7(15)2-3-12-10-9(14(16)17)4-8(5-11)6-13-10/h4,6-7,15H,2-3H2,1H3,(H,12,13). The van der Waals surface area contributed by atoms with Crippen molar-refractivity contribution in [3.05, 3.63) is 27.9 Å². The largest absolute Gasteiger partial charge is 0.393 e. The second-order valence-corrected chi connectivity index (χ2v) is 3.53. The summed E-state index contributed by atoms with van der Waals surface area (Å²) in [6.07, 6.45) is 1.23. The maximum atomic E-state index is 10.8. The van der Waals surface area contributed by atoms with Gasteiger partial charge in [-0.05, 0) is 13.3 Å². The summed E-state index contributed by atoms with van der Waals surface area (Å²) in [5.74, 6) is 0.106. The second-order valence-electron chi connectivity index (χ2n) is 3.53. The number of nitrogens with one attached hydrogen (secondary N) is 1. The predicted octanol–water partition coefficient (Wildman–Crippen LogP) is 1.04. The minimum Gasteiger partial charge on any atom is -0.393 e. The smallest absolute Gasteiger partial charge is 0.312 e. The summed E-state index contributed by atoms with van der Waals surface area (Å²) in [6, 6.07) is 2.95. The highest BCUT2D eigenvalue weighted by atomic mass is 16.6. The van der Waals surface area contributed by atoms with Crippen LogP contribution in [0.3, 0.4) is 0 Å². The number of nitriles is 1. The van der Waals surface area contributed by atoms with E-state index in [1.807, 2.05) is 0 Å². The van der Waals surface area contributed by atoms with Crippen LogP contribution in [0.1, 0.15) is 18.9 Å². The Bertz CT molecular complexity index is 453. The van der Waals surface area contributed by atoms with Crippen LogP contribution in [0, 0.1) is 21.4 Å². The molecule has 17 heavy (non-hydrogen) atoms. The Hall–Kier alpha value is -2.20. The average molecular weight is 236 g/mol. The first-order valence-electron chi connectivity index (χ1n) is 5.01. The fraction of sp³-hybridized carbons (Fsp3) is 0.400. The molecule has 0 radical (unpaired) electrons. The van der Waals surface area contributed by atoms with E-state index in [9.17, 15) is 10.1 Å². The van der Waals surface area contributed by atoms with Gasteiger partial charge >= 0.3 is 5.69 Å². The molecule has 0 spiro atoms. The molecule has 0 aromatic carbocycles. The molecule has 0 saturated heterocycles. The number of nitrogens with zero attached hydrogens (tertiary/aromatic N) is 3. The van der Waals surface area contributed by atoms with Gasteiger partial charge in [0.2, 0.25) is 5.82 Å². The highest BCUT2D eigenvalue weighted by Crippen LogP contribution is 2.22. The van der Waals surface area contributed by atoms with Crippen LogP contribution in [0.25, 0.3) is 0 Å². The van der Waals surface area contributed by atoms with E-state index in [4.69, 9.17) is 10.4 Å². The van der Waals surface area contributed by atoms with Crippen LogP contribution < -0.4 is 5.32 Å². The third-order valence-corrected chi connectivity index (χ3v) is 2.05. The van der Waals surface area contributed by atoms with Gasteiger partial charge in [0, 0.05) is 18.8 Å². The van der Waals surface area contributed by atoms with Crippen LogP contribution in [0.15, 0.2) is 12.3 Å². The number of hydrogen-bond acceptors (Lipinski definition) is 6. The van der Waals surface area contributed by atoms with Crippen LogP contribution >= 0.6 is 0 Å². The van der Waals surface area contributed by atoms with Gasteiger partial charge in [-0.3, -0.25) is 10.1 Å². The normalized spacial score (nSPS) is 11.6. The maximum absolute atomic E-state index is 10.8. The first-order valence-corrected chi connectivity index (χ1v) is 5.01. The molecule has 1 heterocycles. The van der Waals surface area contributed by atoms with Crippen molar-refractivity contribution in [3.63, 3.8) is 0 Å². The SMILES string of the molecule is CC(O)CCNc1ncc(C#N)cc1[N+](=O)[O-]. The van der Waals surface area contributed by atoms with E-state index in [2.05, 4.69) is 10.3 Å². The summed E-state index contributed by atoms with van der Waals surface area (Å²) in [5.41, 5.74) is -0.104. The van der Waals surface area contributed by atoms with E-state index in [1.54, 1.807) is 13.0 Å². The van der Waals surface area contributed by atoms with Crippen molar-refractivity contribution in [2.24, 2.45) is 0 Å². The van der Waals surface area contributed by atoms with Crippen molar-refractivity contribution in [1.82, 2.24) is 4.98 Å². The van der Waals surface area contributed by atoms with Gasteiger partial charge in [0.15, 0.2) is 0 Å². The number of aliphatic hydroxyl groups is 1. The van der Waals surface area contributed by atoms with Gasteiger partial charge in [-0.2, -0.15) is 5.26 Å². The van der Waals surface area contributed by atoms with Gasteiger partial charge < -0.3 is 10.4 Å². The summed E-state index contributed by atoms with van der Waals surface area (Å²) in [6.45, 7) is 2.00. The lowest BCUT2D eigenvalue weighted by molar-refractivity contribution is -0.384. The molecule has 0 fully saturated rings. The van der Waals surface area contributed by atoms with Crippen molar-refractivity contribution in [1.29, 1.82) is 5.26 Å². The van der Waals surface area contributed by atoms with E-state index in [1.165, 1.54) is 6.20 Å². The van der Waals surface area contributed by atoms with Gasteiger partial charge in [0.1, 0.15) is 6.07 Å². The molecule has 1 aromatic heterocycles. The average Bonchev–Trinajstić information content (AvgIpc) is 2.28. The highest BCUT2D eigenvalue weighted by molar-refractivity contribution is 5.58. The molecular weight excluding hydrogens is 224 g/mol. The topological polar surface area (TPSA) is 112 Å². The summed E-state index contributed by atoms with van der Waals surface area (Å²) in [4.78, 5) is 14.0. The molecule has 0 bridgehead atoms. The number of anilines is 1. The van der Waals surface area contributed by atoms with Crippen LogP contribution in [0.2, 0.25) is 0 Å². The fourth-order valence-electron chi connectivity index (χ4n) is 1.19. The number of hydrogen-bond donors (Lipinski definition) is 2. The highest BCUT2D eigenvalue weighted by Gasteiger charge is 2.16. The van der Waals surface area contributed by atoms with Gasteiger partial charge in [0.25, 0.3) is 0 Å². The van der Waals surface area contributed by atoms with Crippen LogP contribution in [0.5, 0.6) is 0 Å². The van der Waals surface area contributed by atoms with Crippen LogP contribution in [-0.4, -0.2) is 27.7 Å². The number of aliphatic hydroxyl groups excluding tert-OH is 1. The zero-order valence-corrected chi connectivity index (χ0v) is 9.25. The number of pyridine rings is 1. The second kappa shape index (κ2) is 5.77. The molecular formula is C10H12N4O3. The van der Waals surface area contributed by atoms with Crippen molar-refractivity contribution in [2.45, 2.75) is 19.4 Å². The molecule has 0 aliphatic heterocycles. The molecule has 2 N–H and O–H groups in total. The van der Waals surface area contributed by atoms with Gasteiger partial charge in [-0.25, -0.2) is 4.98 Å². The van der Waals surface area contributed by atoms with Gasteiger partial charge in [-0.15, -0.1) is 0 Å². The van der Waals surface area contributed by atoms with Crippen LogP contribution in [0.4, 0.5) is 11.5 Å². The minimum absolute atomic E-state index is 0.106. The lowest BCUT2D eigenvalue weighted by atomic mass is 10.2. The third-order valence-electron chi connectivity index (χ3n) is 2.05. The lowest BCUT2D eigenvalue weighted by Gasteiger charge is -2.07. The van der Waals surface area contributed by atoms with E-state index in [0.717, 1.165) is 6.07 Å². The number of nitro groups is 1. The number of aromatic nitrogens is 1. The Morgan fingerprint density at radius 1 is 1.76 bits per heavy atom. The third kappa shape index (κ3) is 3.70. The first kappa shape index (κ1) is 12.9. The molecule has 0 amide bonds. The van der Waals surface area contributed by atoms with Crippen molar-refractivity contribution in [2.75, 3.05) is 11.9 Å². The van der Waals surface area contributed by atoms with E-state index < -0.39 is 11.0 Å². The minimum atomic E-state index is -0.599. The lowest BCUT2D eigenvalue weighted by Crippen LogP contribution is -2.11. The first-order chi connectivity index (χ1) is 8.04. The van der Waals surface area contributed by atoms with Gasteiger partial charge in [0.05, 0.1) is 16.6 Å². The quantitative estimate of drug-likeness (QED) is 0.583. The predicted molar refractivity (Wildman–Crippen MR) is 60.4 cm³/mol. The molecule has 1 unspecified atom stereocenters. The Kier molecular flexibility index (Phi) is 4.37. The molecule has 0 aliphatic rings. The summed E-state index contributed by atoms with van der Waals surface area (Å²) in [5, 5.41) is 31.2. The Labute approximate surface area is 97.9 Å². The van der Waals surface area contributed by atoms with E-state index in [0.29, 0.717) is 13.0 Å². The molecule has 90 valence electrons. The fourth-order valence-corrected chi connectivity index (χ4v) is 1.19. The zero-order valence-electron chi connectivity index (χ0n) is 9.25. The Morgan fingerprint density at radius 2 is 2.47 bits per heavy atom. The Morgan fingerprint density at radius 3 is 3.00 bits per heavy atom. The molecule has 0 aliphatic carbocycles. The summed E-state index contributed by atoms with van der Waals surface area (Å²) >= 11 is 0. The van der Waals surface area contributed by atoms with Crippen LogP contribution in [-0.2, 0) is 0 Å². The molecule has 0 saturated carbocycles. The molecule has 7 nitrogen and oxygen atoms in total. The zero-order chi connectivity index (χ0) is 12.8. The van der Waals surface area contributed by atoms with Crippen molar-refractivity contribution >= 4 is 11.5 Å². The molecule has 1 aromatic rings. The molecule has 1 rings (SSSR count). The van der Waals surface area contributed by atoms with Crippen molar-refractivity contribution in [3.8, 4) is 6.07 Å². The summed E-state index contributed by atoms with van der Waals surface area (Å²) in [7, 11) is 0. The maximum Gasteiger partial charge on any atom is 0.312 e. The molecule has 7 heteroatoms. The monoisotopic (exact) mass is 236 g/mol. The number of rotatable bonds is 5. The van der Waals surface area contributed by atoms with E-state index >= 15 is 0 Å².